The fraction of sp³-hybridized carbons (Fsp3) is 0.167. The quantitative estimate of drug-likeness (QED) is 0.456. The summed E-state index contributed by atoms with van der Waals surface area (Å²) in [5.41, 5.74) is 1.76. The molecule has 0 saturated carbocycles. The van der Waals surface area contributed by atoms with E-state index < -0.39 is 5.41 Å². The van der Waals surface area contributed by atoms with Gasteiger partial charge in [-0.3, -0.25) is 9.79 Å². The molecule has 3 rings (SSSR count). The molecule has 0 aliphatic carbocycles. The zero-order valence-corrected chi connectivity index (χ0v) is 15.4. The minimum atomic E-state index is -0.982. The van der Waals surface area contributed by atoms with Crippen LogP contribution in [0, 0.1) is 0 Å². The first-order chi connectivity index (χ1) is 13.3. The molecule has 136 valence electrons. The SMILES string of the molecule is CCOC(=O)C(CN=Cc1ccccc1)(c1ccccc1)c1ccccc1. The zero-order chi connectivity index (χ0) is 19.0. The van der Waals surface area contributed by atoms with Gasteiger partial charge in [-0.05, 0) is 23.6 Å². The normalized spacial score (nSPS) is 11.4. The Balaban J connectivity index is 2.08. The summed E-state index contributed by atoms with van der Waals surface area (Å²) >= 11 is 0. The molecule has 0 spiro atoms. The van der Waals surface area contributed by atoms with Gasteiger partial charge in [-0.1, -0.05) is 91.0 Å². The highest BCUT2D eigenvalue weighted by molar-refractivity contribution is 5.89. The number of aliphatic imine (C=N–C) groups is 1. The summed E-state index contributed by atoms with van der Waals surface area (Å²) in [6.45, 7) is 2.42. The average molecular weight is 357 g/mol. The van der Waals surface area contributed by atoms with Crippen molar-refractivity contribution in [3.63, 3.8) is 0 Å². The van der Waals surface area contributed by atoms with E-state index in [0.717, 1.165) is 16.7 Å². The van der Waals surface area contributed by atoms with Crippen molar-refractivity contribution in [3.05, 3.63) is 108 Å². The van der Waals surface area contributed by atoms with Gasteiger partial charge < -0.3 is 4.74 Å². The smallest absolute Gasteiger partial charge is 0.322 e. The van der Waals surface area contributed by atoms with E-state index in [9.17, 15) is 4.79 Å². The minimum absolute atomic E-state index is 0.273. The molecule has 0 atom stereocenters. The fourth-order valence-electron chi connectivity index (χ4n) is 3.18. The average Bonchev–Trinajstić information content (AvgIpc) is 2.73. The van der Waals surface area contributed by atoms with Crippen molar-refractivity contribution < 1.29 is 9.53 Å². The first-order valence-electron chi connectivity index (χ1n) is 9.10. The number of nitrogens with zero attached hydrogens (tertiary/aromatic N) is 1. The largest absolute Gasteiger partial charge is 0.465 e. The number of carbonyl (C=O) groups excluding carboxylic acids is 1. The Morgan fingerprint density at radius 2 is 1.33 bits per heavy atom. The molecule has 3 aromatic rings. The van der Waals surface area contributed by atoms with E-state index in [0.29, 0.717) is 6.61 Å². The molecule has 0 bridgehead atoms. The van der Waals surface area contributed by atoms with Crippen LogP contribution in [0.4, 0.5) is 0 Å². The van der Waals surface area contributed by atoms with E-state index in [1.807, 2.05) is 97.9 Å². The van der Waals surface area contributed by atoms with Gasteiger partial charge in [-0.15, -0.1) is 0 Å². The van der Waals surface area contributed by atoms with E-state index in [1.54, 1.807) is 6.21 Å². The summed E-state index contributed by atoms with van der Waals surface area (Å²) in [6, 6.07) is 29.3. The minimum Gasteiger partial charge on any atom is -0.465 e. The Morgan fingerprint density at radius 1 is 0.852 bits per heavy atom. The number of ether oxygens (including phenoxy) is 1. The third kappa shape index (κ3) is 4.14. The molecule has 0 aliphatic heterocycles. The summed E-state index contributed by atoms with van der Waals surface area (Å²) < 4.78 is 5.51. The summed E-state index contributed by atoms with van der Waals surface area (Å²) in [5.74, 6) is -0.285. The fourth-order valence-corrected chi connectivity index (χ4v) is 3.18. The first kappa shape index (κ1) is 18.6. The number of esters is 1. The Hall–Kier alpha value is -3.20. The van der Waals surface area contributed by atoms with Crippen molar-refractivity contribution in [3.8, 4) is 0 Å². The van der Waals surface area contributed by atoms with Crippen LogP contribution in [0.1, 0.15) is 23.6 Å². The van der Waals surface area contributed by atoms with Gasteiger partial charge in [0.15, 0.2) is 0 Å². The first-order valence-corrected chi connectivity index (χ1v) is 9.10. The summed E-state index contributed by atoms with van der Waals surface area (Å²) in [7, 11) is 0. The molecule has 0 N–H and O–H groups in total. The molecular formula is C24H23NO2. The number of benzene rings is 3. The highest BCUT2D eigenvalue weighted by Gasteiger charge is 2.43. The maximum Gasteiger partial charge on any atom is 0.322 e. The highest BCUT2D eigenvalue weighted by Crippen LogP contribution is 2.34. The van der Waals surface area contributed by atoms with Crippen LogP contribution >= 0.6 is 0 Å². The van der Waals surface area contributed by atoms with Crippen molar-refractivity contribution >= 4 is 12.2 Å². The molecule has 0 aromatic heterocycles. The van der Waals surface area contributed by atoms with E-state index >= 15 is 0 Å². The number of carbonyl (C=O) groups is 1. The van der Waals surface area contributed by atoms with E-state index in [4.69, 9.17) is 4.74 Å². The summed E-state index contributed by atoms with van der Waals surface area (Å²) in [4.78, 5) is 17.9. The number of hydrogen-bond donors (Lipinski definition) is 0. The maximum absolute atomic E-state index is 13.2. The van der Waals surface area contributed by atoms with Crippen LogP contribution in [0.5, 0.6) is 0 Å². The van der Waals surface area contributed by atoms with Gasteiger partial charge in [0.05, 0.1) is 13.2 Å². The molecule has 0 fully saturated rings. The molecule has 3 aromatic carbocycles. The predicted molar refractivity (Wildman–Crippen MR) is 109 cm³/mol. The van der Waals surface area contributed by atoms with Crippen molar-refractivity contribution in [2.75, 3.05) is 13.2 Å². The molecule has 0 amide bonds. The van der Waals surface area contributed by atoms with Gasteiger partial charge in [-0.25, -0.2) is 0 Å². The lowest BCUT2D eigenvalue weighted by Crippen LogP contribution is -2.41. The van der Waals surface area contributed by atoms with Crippen molar-refractivity contribution in [1.82, 2.24) is 0 Å². The summed E-state index contributed by atoms with van der Waals surface area (Å²) in [5, 5.41) is 0. The van der Waals surface area contributed by atoms with Crippen LogP contribution in [0.25, 0.3) is 0 Å². The molecule has 3 heteroatoms. The molecule has 0 heterocycles. The van der Waals surface area contributed by atoms with Crippen molar-refractivity contribution in [2.24, 2.45) is 4.99 Å². The van der Waals surface area contributed by atoms with Crippen LogP contribution < -0.4 is 0 Å². The lowest BCUT2D eigenvalue weighted by atomic mass is 9.74. The maximum atomic E-state index is 13.2. The van der Waals surface area contributed by atoms with Crippen LogP contribution in [0.2, 0.25) is 0 Å². The topological polar surface area (TPSA) is 38.7 Å². The number of rotatable bonds is 7. The van der Waals surface area contributed by atoms with Gasteiger partial charge in [0.25, 0.3) is 0 Å². The molecule has 0 aliphatic rings. The number of hydrogen-bond acceptors (Lipinski definition) is 3. The van der Waals surface area contributed by atoms with E-state index in [2.05, 4.69) is 4.99 Å². The third-order valence-electron chi connectivity index (χ3n) is 4.53. The van der Waals surface area contributed by atoms with Crippen LogP contribution in [-0.2, 0) is 14.9 Å². The van der Waals surface area contributed by atoms with E-state index in [1.165, 1.54) is 0 Å². The monoisotopic (exact) mass is 357 g/mol. The van der Waals surface area contributed by atoms with Crippen molar-refractivity contribution in [2.45, 2.75) is 12.3 Å². The lowest BCUT2D eigenvalue weighted by molar-refractivity contribution is -0.148. The van der Waals surface area contributed by atoms with Crippen LogP contribution in [0.3, 0.4) is 0 Å². The molecule has 0 radical (unpaired) electrons. The predicted octanol–water partition coefficient (Wildman–Crippen LogP) is 4.65. The standard InChI is InChI=1S/C24H23NO2/c1-2-27-23(26)24(21-14-8-4-9-15-21,22-16-10-5-11-17-22)19-25-18-20-12-6-3-7-13-20/h3-18H,2,19H2,1H3. The Morgan fingerprint density at radius 3 is 1.81 bits per heavy atom. The molecule has 3 nitrogen and oxygen atoms in total. The van der Waals surface area contributed by atoms with Gasteiger partial charge in [0, 0.05) is 6.21 Å². The van der Waals surface area contributed by atoms with Gasteiger partial charge in [-0.2, -0.15) is 0 Å². The van der Waals surface area contributed by atoms with Gasteiger partial charge in [0.1, 0.15) is 5.41 Å². The Bertz CT molecular complexity index is 835. The molecular weight excluding hydrogens is 334 g/mol. The summed E-state index contributed by atoms with van der Waals surface area (Å²) in [6.07, 6.45) is 1.81. The molecule has 0 saturated heterocycles. The highest BCUT2D eigenvalue weighted by atomic mass is 16.5. The Kier molecular flexibility index (Phi) is 6.16. The van der Waals surface area contributed by atoms with E-state index in [-0.39, 0.29) is 12.5 Å². The molecule has 27 heavy (non-hydrogen) atoms. The second-order valence-electron chi connectivity index (χ2n) is 6.24. The third-order valence-corrected chi connectivity index (χ3v) is 4.53. The second-order valence-corrected chi connectivity index (χ2v) is 6.24. The molecule has 0 unspecified atom stereocenters. The van der Waals surface area contributed by atoms with Crippen molar-refractivity contribution in [1.29, 1.82) is 0 Å². The lowest BCUT2D eigenvalue weighted by Gasteiger charge is -2.31. The van der Waals surface area contributed by atoms with Gasteiger partial charge in [0.2, 0.25) is 0 Å². The zero-order valence-electron chi connectivity index (χ0n) is 15.4. The second kappa shape index (κ2) is 8.95. The van der Waals surface area contributed by atoms with Crippen LogP contribution in [-0.4, -0.2) is 25.3 Å². The Labute approximate surface area is 160 Å². The van der Waals surface area contributed by atoms with Crippen LogP contribution in [0.15, 0.2) is 96.0 Å². The van der Waals surface area contributed by atoms with Gasteiger partial charge >= 0.3 is 5.97 Å².